The van der Waals surface area contributed by atoms with E-state index in [1.807, 2.05) is 0 Å². The van der Waals surface area contributed by atoms with Crippen LogP contribution in [0, 0.1) is 12.3 Å². The van der Waals surface area contributed by atoms with E-state index < -0.39 is 15.4 Å². The van der Waals surface area contributed by atoms with E-state index in [0.717, 1.165) is 0 Å². The fraction of sp³-hybridized carbons (Fsp3) is 0.333. The Morgan fingerprint density at radius 1 is 1.17 bits per heavy atom. The number of sulfonamides is 1. The minimum absolute atomic E-state index is 0.0993. The van der Waals surface area contributed by atoms with Crippen molar-refractivity contribution in [2.45, 2.75) is 39.0 Å². The molecule has 8 nitrogen and oxygen atoms in total. The number of benzene rings is 2. The third-order valence-electron chi connectivity index (χ3n) is 4.75. The monoisotopic (exact) mass is 431 g/mol. The molecule has 0 aliphatic carbocycles. The SMILES string of the molecule is CCC(=O)Nc1ccc(S(=O)(=O)Nc2ccc3c(c2)OCC(C)(C)C(=O)N3)c(C)c1. The summed E-state index contributed by atoms with van der Waals surface area (Å²) in [7, 11) is -3.87. The highest BCUT2D eigenvalue weighted by Crippen LogP contribution is 2.35. The van der Waals surface area contributed by atoms with Crippen molar-refractivity contribution in [3.8, 4) is 5.75 Å². The van der Waals surface area contributed by atoms with Gasteiger partial charge in [-0.2, -0.15) is 0 Å². The van der Waals surface area contributed by atoms with Crippen molar-refractivity contribution in [3.05, 3.63) is 42.0 Å². The Hall–Kier alpha value is -3.07. The highest BCUT2D eigenvalue weighted by Gasteiger charge is 2.32. The molecule has 2 aromatic rings. The number of carbonyl (C=O) groups is 2. The van der Waals surface area contributed by atoms with Crippen molar-refractivity contribution >= 4 is 38.9 Å². The topological polar surface area (TPSA) is 114 Å². The van der Waals surface area contributed by atoms with E-state index >= 15 is 0 Å². The minimum Gasteiger partial charge on any atom is -0.490 e. The first kappa shape index (κ1) is 21.6. The second-order valence-electron chi connectivity index (χ2n) is 7.83. The molecule has 0 unspecified atom stereocenters. The van der Waals surface area contributed by atoms with Gasteiger partial charge in [-0.3, -0.25) is 14.3 Å². The standard InChI is InChI=1S/C21H25N3O5S/c1-5-19(25)22-14-7-9-18(13(2)10-14)30(27,28)24-15-6-8-16-17(11-15)29-12-21(3,4)20(26)23-16/h6-11,24H,5,12H2,1-4H3,(H,22,25)(H,23,26). The summed E-state index contributed by atoms with van der Waals surface area (Å²) in [4.78, 5) is 23.9. The molecular weight excluding hydrogens is 406 g/mol. The van der Waals surface area contributed by atoms with Crippen molar-refractivity contribution in [2.75, 3.05) is 22.0 Å². The number of amides is 2. The Labute approximate surface area is 176 Å². The van der Waals surface area contributed by atoms with Crippen LogP contribution in [0.15, 0.2) is 41.3 Å². The lowest BCUT2D eigenvalue weighted by molar-refractivity contribution is -0.125. The predicted molar refractivity (Wildman–Crippen MR) is 115 cm³/mol. The zero-order valence-electron chi connectivity index (χ0n) is 17.3. The average molecular weight is 432 g/mol. The van der Waals surface area contributed by atoms with Crippen LogP contribution in [0.4, 0.5) is 17.1 Å². The van der Waals surface area contributed by atoms with E-state index in [4.69, 9.17) is 4.74 Å². The van der Waals surface area contributed by atoms with Crippen molar-refractivity contribution in [1.82, 2.24) is 0 Å². The van der Waals surface area contributed by atoms with Gasteiger partial charge in [-0.25, -0.2) is 8.42 Å². The Morgan fingerprint density at radius 2 is 1.87 bits per heavy atom. The number of hydrogen-bond acceptors (Lipinski definition) is 5. The van der Waals surface area contributed by atoms with Gasteiger partial charge in [0, 0.05) is 18.2 Å². The lowest BCUT2D eigenvalue weighted by Crippen LogP contribution is -2.33. The summed E-state index contributed by atoms with van der Waals surface area (Å²) in [6.45, 7) is 7.11. The summed E-state index contributed by atoms with van der Waals surface area (Å²) in [5, 5.41) is 5.50. The van der Waals surface area contributed by atoms with Gasteiger partial charge in [0.2, 0.25) is 11.8 Å². The number of aryl methyl sites for hydroxylation is 1. The summed E-state index contributed by atoms with van der Waals surface area (Å²) >= 11 is 0. The van der Waals surface area contributed by atoms with E-state index in [1.165, 1.54) is 6.07 Å². The van der Waals surface area contributed by atoms with Crippen LogP contribution in [-0.2, 0) is 19.6 Å². The molecule has 2 aromatic carbocycles. The molecule has 1 heterocycles. The molecule has 1 aliphatic rings. The Kier molecular flexibility index (Phi) is 5.76. The molecule has 9 heteroatoms. The van der Waals surface area contributed by atoms with Gasteiger partial charge in [0.15, 0.2) is 0 Å². The van der Waals surface area contributed by atoms with Crippen LogP contribution >= 0.6 is 0 Å². The molecule has 0 saturated carbocycles. The van der Waals surface area contributed by atoms with E-state index in [2.05, 4.69) is 15.4 Å². The zero-order valence-corrected chi connectivity index (χ0v) is 18.1. The molecule has 0 atom stereocenters. The molecule has 0 bridgehead atoms. The van der Waals surface area contributed by atoms with Crippen LogP contribution in [0.5, 0.6) is 5.75 Å². The highest BCUT2D eigenvalue weighted by atomic mass is 32.2. The summed E-state index contributed by atoms with van der Waals surface area (Å²) < 4.78 is 34.1. The summed E-state index contributed by atoms with van der Waals surface area (Å²) in [5.74, 6) is 0.0762. The lowest BCUT2D eigenvalue weighted by atomic mass is 9.94. The van der Waals surface area contributed by atoms with Crippen LogP contribution in [0.3, 0.4) is 0 Å². The molecular formula is C21H25N3O5S. The van der Waals surface area contributed by atoms with Gasteiger partial charge < -0.3 is 15.4 Å². The largest absolute Gasteiger partial charge is 0.490 e. The fourth-order valence-electron chi connectivity index (χ4n) is 2.91. The first-order valence-corrected chi connectivity index (χ1v) is 11.0. The fourth-order valence-corrected chi connectivity index (χ4v) is 4.19. The van der Waals surface area contributed by atoms with Gasteiger partial charge in [-0.1, -0.05) is 6.92 Å². The third kappa shape index (κ3) is 4.56. The van der Waals surface area contributed by atoms with Gasteiger partial charge in [-0.15, -0.1) is 0 Å². The number of ether oxygens (including phenoxy) is 1. The van der Waals surface area contributed by atoms with Crippen LogP contribution < -0.4 is 20.1 Å². The molecule has 0 radical (unpaired) electrons. The van der Waals surface area contributed by atoms with Crippen molar-refractivity contribution < 1.29 is 22.7 Å². The quantitative estimate of drug-likeness (QED) is 0.670. The van der Waals surface area contributed by atoms with Crippen LogP contribution in [0.2, 0.25) is 0 Å². The van der Waals surface area contributed by atoms with E-state index in [1.54, 1.807) is 58.0 Å². The second kappa shape index (κ2) is 7.98. The molecule has 3 N–H and O–H groups in total. The number of carbonyl (C=O) groups excluding carboxylic acids is 2. The molecule has 0 aromatic heterocycles. The van der Waals surface area contributed by atoms with Crippen molar-refractivity contribution in [1.29, 1.82) is 0 Å². The highest BCUT2D eigenvalue weighted by molar-refractivity contribution is 7.92. The maximum atomic E-state index is 12.9. The van der Waals surface area contributed by atoms with Crippen LogP contribution in [0.1, 0.15) is 32.8 Å². The second-order valence-corrected chi connectivity index (χ2v) is 9.48. The van der Waals surface area contributed by atoms with Gasteiger partial charge >= 0.3 is 0 Å². The zero-order chi connectivity index (χ0) is 22.1. The number of rotatable bonds is 5. The Morgan fingerprint density at radius 3 is 2.53 bits per heavy atom. The molecule has 1 aliphatic heterocycles. The number of anilines is 3. The molecule has 3 rings (SSSR count). The van der Waals surface area contributed by atoms with Crippen molar-refractivity contribution in [2.24, 2.45) is 5.41 Å². The Bertz CT molecular complexity index is 1110. The molecule has 2 amide bonds. The van der Waals surface area contributed by atoms with Gasteiger partial charge in [0.05, 0.1) is 21.7 Å². The normalized spacial score (nSPS) is 15.3. The molecule has 0 fully saturated rings. The van der Waals surface area contributed by atoms with Gasteiger partial charge in [-0.05, 0) is 56.7 Å². The first-order chi connectivity index (χ1) is 14.0. The summed E-state index contributed by atoms with van der Waals surface area (Å²) in [6.07, 6.45) is 0.332. The maximum absolute atomic E-state index is 12.9. The molecule has 160 valence electrons. The molecule has 0 spiro atoms. The molecule has 0 saturated heterocycles. The number of fused-ring (bicyclic) bond motifs is 1. The van der Waals surface area contributed by atoms with E-state index in [-0.39, 0.29) is 23.3 Å². The van der Waals surface area contributed by atoms with E-state index in [9.17, 15) is 18.0 Å². The van der Waals surface area contributed by atoms with Crippen molar-refractivity contribution in [3.63, 3.8) is 0 Å². The van der Waals surface area contributed by atoms with Crippen LogP contribution in [0.25, 0.3) is 0 Å². The number of hydrogen-bond donors (Lipinski definition) is 3. The summed E-state index contributed by atoms with van der Waals surface area (Å²) in [5.41, 5.74) is 1.13. The van der Waals surface area contributed by atoms with Gasteiger partial charge in [0.25, 0.3) is 10.0 Å². The average Bonchev–Trinajstić information content (AvgIpc) is 2.77. The predicted octanol–water partition coefficient (Wildman–Crippen LogP) is 3.50. The number of nitrogens with one attached hydrogen (secondary N) is 3. The first-order valence-electron chi connectivity index (χ1n) is 9.53. The minimum atomic E-state index is -3.87. The third-order valence-corrected chi connectivity index (χ3v) is 6.30. The smallest absolute Gasteiger partial charge is 0.262 e. The lowest BCUT2D eigenvalue weighted by Gasteiger charge is -2.18. The Balaban J connectivity index is 1.84. The van der Waals surface area contributed by atoms with Gasteiger partial charge in [0.1, 0.15) is 12.4 Å². The maximum Gasteiger partial charge on any atom is 0.262 e. The molecule has 30 heavy (non-hydrogen) atoms. The summed E-state index contributed by atoms with van der Waals surface area (Å²) in [6, 6.07) is 9.31. The van der Waals surface area contributed by atoms with Crippen LogP contribution in [-0.4, -0.2) is 26.8 Å². The van der Waals surface area contributed by atoms with E-state index in [0.29, 0.717) is 34.8 Å².